The Bertz CT molecular complexity index is 665. The van der Waals surface area contributed by atoms with Crippen molar-refractivity contribution in [3.05, 3.63) is 34.9 Å². The van der Waals surface area contributed by atoms with E-state index in [0.717, 1.165) is 25.0 Å². The van der Waals surface area contributed by atoms with E-state index in [-0.39, 0.29) is 28.8 Å². The Morgan fingerprint density at radius 3 is 2.40 bits per heavy atom. The fourth-order valence-corrected chi connectivity index (χ4v) is 3.32. The van der Waals surface area contributed by atoms with Crippen molar-refractivity contribution in [2.45, 2.75) is 19.3 Å². The Hall–Kier alpha value is -2.22. The number of allylic oxidation sites excluding steroid dienone is 2. The molecule has 0 aromatic heterocycles. The molecule has 1 fully saturated rings. The van der Waals surface area contributed by atoms with Crippen molar-refractivity contribution < 1.29 is 18.7 Å². The van der Waals surface area contributed by atoms with E-state index in [1.54, 1.807) is 0 Å². The summed E-state index contributed by atoms with van der Waals surface area (Å²) in [6, 6.07) is 3.84. The summed E-state index contributed by atoms with van der Waals surface area (Å²) in [6.45, 7) is 0. The summed E-state index contributed by atoms with van der Waals surface area (Å²) in [7, 11) is 0. The Morgan fingerprint density at radius 1 is 1.20 bits per heavy atom. The van der Waals surface area contributed by atoms with Crippen LogP contribution in [0.5, 0.6) is 5.75 Å². The van der Waals surface area contributed by atoms with Gasteiger partial charge in [0.25, 0.3) is 0 Å². The summed E-state index contributed by atoms with van der Waals surface area (Å²) in [4.78, 5) is 12.1. The van der Waals surface area contributed by atoms with E-state index < -0.39 is 17.4 Å². The molecule has 2 atom stereocenters. The van der Waals surface area contributed by atoms with Crippen LogP contribution >= 0.6 is 0 Å². The van der Waals surface area contributed by atoms with Gasteiger partial charge in [-0.1, -0.05) is 6.42 Å². The van der Waals surface area contributed by atoms with Crippen molar-refractivity contribution in [2.24, 2.45) is 11.8 Å². The van der Waals surface area contributed by atoms with Crippen molar-refractivity contribution in [1.82, 2.24) is 0 Å². The number of fused-ring (bicyclic) bond motifs is 1. The third-order valence-electron chi connectivity index (χ3n) is 4.18. The van der Waals surface area contributed by atoms with Crippen LogP contribution in [0.2, 0.25) is 0 Å². The summed E-state index contributed by atoms with van der Waals surface area (Å²) in [5, 5.41) is 18.3. The first-order valence-electron chi connectivity index (χ1n) is 6.41. The van der Waals surface area contributed by atoms with Crippen LogP contribution in [0.3, 0.4) is 0 Å². The highest BCUT2D eigenvalue weighted by molar-refractivity contribution is 6.12. The highest BCUT2D eigenvalue weighted by atomic mass is 19.1. The van der Waals surface area contributed by atoms with E-state index in [1.165, 1.54) is 0 Å². The van der Waals surface area contributed by atoms with E-state index >= 15 is 0 Å². The number of benzene rings is 1. The molecular weight excluding hydrogens is 264 g/mol. The topological polar surface area (TPSA) is 61.1 Å². The number of phenolic OH excluding ortho intramolecular Hbond substituents is 1. The predicted molar refractivity (Wildman–Crippen MR) is 66.4 cm³/mol. The van der Waals surface area contributed by atoms with Gasteiger partial charge in [0.2, 0.25) is 0 Å². The standard InChI is InChI=1S/C15H11F2NO2/c16-11-4-7(5-12(17)15(11)20)13-8-2-1-3-9(8)14(19)10(13)6-18/h4-5,8-9,20H,1-3H2. The molecule has 0 spiro atoms. The highest BCUT2D eigenvalue weighted by Crippen LogP contribution is 2.49. The molecule has 102 valence electrons. The van der Waals surface area contributed by atoms with Gasteiger partial charge in [0, 0.05) is 5.92 Å². The number of nitrogens with zero attached hydrogens (tertiary/aromatic N) is 1. The number of hydrogen-bond donors (Lipinski definition) is 1. The van der Waals surface area contributed by atoms with Gasteiger partial charge in [-0.2, -0.15) is 5.26 Å². The van der Waals surface area contributed by atoms with E-state index in [0.29, 0.717) is 12.0 Å². The molecule has 0 saturated heterocycles. The molecule has 3 nitrogen and oxygen atoms in total. The van der Waals surface area contributed by atoms with Crippen LogP contribution < -0.4 is 0 Å². The van der Waals surface area contributed by atoms with Crippen LogP contribution in [-0.4, -0.2) is 10.9 Å². The molecule has 0 aliphatic heterocycles. The van der Waals surface area contributed by atoms with Gasteiger partial charge in [-0.15, -0.1) is 0 Å². The second kappa shape index (κ2) is 4.41. The lowest BCUT2D eigenvalue weighted by atomic mass is 9.90. The first-order chi connectivity index (χ1) is 9.54. The summed E-state index contributed by atoms with van der Waals surface area (Å²) >= 11 is 0. The molecule has 0 radical (unpaired) electrons. The lowest BCUT2D eigenvalue weighted by Gasteiger charge is -2.13. The quantitative estimate of drug-likeness (QED) is 0.857. The first kappa shape index (κ1) is 12.8. The lowest BCUT2D eigenvalue weighted by Crippen LogP contribution is -2.11. The molecule has 3 rings (SSSR count). The zero-order valence-corrected chi connectivity index (χ0v) is 10.5. The lowest BCUT2D eigenvalue weighted by molar-refractivity contribution is -0.118. The largest absolute Gasteiger partial charge is 0.503 e. The van der Waals surface area contributed by atoms with E-state index in [4.69, 9.17) is 10.4 Å². The van der Waals surface area contributed by atoms with E-state index in [1.807, 2.05) is 6.07 Å². The molecule has 20 heavy (non-hydrogen) atoms. The third kappa shape index (κ3) is 1.64. The summed E-state index contributed by atoms with van der Waals surface area (Å²) < 4.78 is 27.0. The number of carbonyl (C=O) groups is 1. The fourth-order valence-electron chi connectivity index (χ4n) is 3.32. The maximum atomic E-state index is 13.5. The minimum atomic E-state index is -1.08. The molecule has 1 N–H and O–H groups in total. The van der Waals surface area contributed by atoms with Gasteiger partial charge in [-0.3, -0.25) is 4.79 Å². The van der Waals surface area contributed by atoms with Gasteiger partial charge >= 0.3 is 0 Å². The molecule has 0 amide bonds. The monoisotopic (exact) mass is 275 g/mol. The molecular formula is C15H11F2NO2. The average Bonchev–Trinajstić information content (AvgIpc) is 2.97. The number of hydrogen-bond acceptors (Lipinski definition) is 3. The maximum absolute atomic E-state index is 13.5. The minimum absolute atomic E-state index is 0.00388. The van der Waals surface area contributed by atoms with Gasteiger partial charge < -0.3 is 5.11 Å². The third-order valence-corrected chi connectivity index (χ3v) is 4.18. The Kier molecular flexibility index (Phi) is 2.82. The molecule has 2 aliphatic carbocycles. The zero-order valence-electron chi connectivity index (χ0n) is 10.5. The second-order valence-electron chi connectivity index (χ2n) is 5.20. The normalized spacial score (nSPS) is 24.9. The molecule has 1 saturated carbocycles. The second-order valence-corrected chi connectivity index (χ2v) is 5.20. The van der Waals surface area contributed by atoms with Crippen molar-refractivity contribution in [3.63, 3.8) is 0 Å². The number of nitriles is 1. The zero-order chi connectivity index (χ0) is 14.4. The fraction of sp³-hybridized carbons (Fsp3) is 0.333. The first-order valence-corrected chi connectivity index (χ1v) is 6.41. The van der Waals surface area contributed by atoms with Gasteiger partial charge in [0.05, 0.1) is 5.57 Å². The van der Waals surface area contributed by atoms with Crippen LogP contribution in [0.4, 0.5) is 8.78 Å². The Morgan fingerprint density at radius 2 is 1.80 bits per heavy atom. The van der Waals surface area contributed by atoms with Gasteiger partial charge in [-0.25, -0.2) is 8.78 Å². The summed E-state index contributed by atoms with van der Waals surface area (Å²) in [6.07, 6.45) is 2.31. The number of Topliss-reactive ketones (excluding diaryl/α,β-unsaturated/α-hetero) is 1. The number of ketones is 1. The summed E-state index contributed by atoms with van der Waals surface area (Å²) in [5.74, 6) is -3.81. The van der Waals surface area contributed by atoms with Crippen molar-refractivity contribution in [3.8, 4) is 11.8 Å². The number of rotatable bonds is 1. The molecule has 2 aliphatic rings. The average molecular weight is 275 g/mol. The smallest absolute Gasteiger partial charge is 0.187 e. The van der Waals surface area contributed by atoms with Gasteiger partial charge in [-0.05, 0) is 42.0 Å². The van der Waals surface area contributed by atoms with Crippen molar-refractivity contribution >= 4 is 11.4 Å². The SMILES string of the molecule is N#CC1=C(c2cc(F)c(O)c(F)c2)C2CCCC2C1=O. The molecule has 0 heterocycles. The van der Waals surface area contributed by atoms with Crippen LogP contribution in [0.25, 0.3) is 5.57 Å². The predicted octanol–water partition coefficient (Wildman–Crippen LogP) is 2.95. The molecule has 0 bridgehead atoms. The highest BCUT2D eigenvalue weighted by Gasteiger charge is 2.45. The van der Waals surface area contributed by atoms with Crippen LogP contribution in [0.15, 0.2) is 17.7 Å². The van der Waals surface area contributed by atoms with Crippen molar-refractivity contribution in [1.29, 1.82) is 5.26 Å². The minimum Gasteiger partial charge on any atom is -0.503 e. The van der Waals surface area contributed by atoms with E-state index in [2.05, 4.69) is 0 Å². The number of halogens is 2. The Labute approximate surface area is 114 Å². The number of aromatic hydroxyl groups is 1. The van der Waals surface area contributed by atoms with Crippen LogP contribution in [0, 0.1) is 34.8 Å². The van der Waals surface area contributed by atoms with Gasteiger partial charge in [0.15, 0.2) is 23.2 Å². The summed E-state index contributed by atoms with van der Waals surface area (Å²) in [5.41, 5.74) is 0.610. The van der Waals surface area contributed by atoms with Crippen LogP contribution in [-0.2, 0) is 4.79 Å². The Balaban J connectivity index is 2.19. The van der Waals surface area contributed by atoms with Crippen LogP contribution in [0.1, 0.15) is 24.8 Å². The molecule has 2 unspecified atom stereocenters. The van der Waals surface area contributed by atoms with E-state index in [9.17, 15) is 13.6 Å². The maximum Gasteiger partial charge on any atom is 0.187 e. The number of carbonyl (C=O) groups excluding carboxylic acids is 1. The molecule has 5 heteroatoms. The molecule has 1 aromatic rings. The van der Waals surface area contributed by atoms with Gasteiger partial charge in [0.1, 0.15) is 6.07 Å². The molecule has 1 aromatic carbocycles. The van der Waals surface area contributed by atoms with Crippen molar-refractivity contribution in [2.75, 3.05) is 0 Å². The number of phenols is 1.